The summed E-state index contributed by atoms with van der Waals surface area (Å²) < 4.78 is 18.6. The molecule has 2 aromatic rings. The molecule has 2 aromatic carbocycles. The highest BCUT2D eigenvalue weighted by atomic mass is 19.1. The molecule has 0 aliphatic rings. The van der Waals surface area contributed by atoms with Crippen molar-refractivity contribution in [1.29, 1.82) is 0 Å². The van der Waals surface area contributed by atoms with Crippen molar-refractivity contribution < 1.29 is 19.0 Å². The SMILES string of the molecule is CC(C)(Oc1ccc(F)cc1)C(=O)NCCc1ccc(CO)cc1. The molecule has 128 valence electrons. The summed E-state index contributed by atoms with van der Waals surface area (Å²) >= 11 is 0. The molecule has 2 rings (SSSR count). The molecule has 0 aliphatic heterocycles. The Hall–Kier alpha value is -2.40. The van der Waals surface area contributed by atoms with Gasteiger partial charge < -0.3 is 15.2 Å². The maximum absolute atomic E-state index is 12.9. The zero-order valence-electron chi connectivity index (χ0n) is 13.9. The lowest BCUT2D eigenvalue weighted by Gasteiger charge is -2.25. The van der Waals surface area contributed by atoms with Crippen LogP contribution < -0.4 is 10.1 Å². The standard InChI is InChI=1S/C19H22FNO3/c1-19(2,24-17-9-7-16(20)8-10-17)18(23)21-12-11-14-3-5-15(13-22)6-4-14/h3-10,22H,11-13H2,1-2H3,(H,21,23). The Bertz CT molecular complexity index is 666. The highest BCUT2D eigenvalue weighted by Crippen LogP contribution is 2.19. The number of carbonyl (C=O) groups excluding carboxylic acids is 1. The Morgan fingerprint density at radius 1 is 1.08 bits per heavy atom. The third kappa shape index (κ3) is 5.06. The minimum Gasteiger partial charge on any atom is -0.478 e. The van der Waals surface area contributed by atoms with E-state index in [1.54, 1.807) is 13.8 Å². The number of benzene rings is 2. The Labute approximate surface area is 141 Å². The highest BCUT2D eigenvalue weighted by Gasteiger charge is 2.29. The summed E-state index contributed by atoms with van der Waals surface area (Å²) in [5.74, 6) is -0.147. The zero-order valence-corrected chi connectivity index (χ0v) is 13.9. The third-order valence-electron chi connectivity index (χ3n) is 3.64. The predicted molar refractivity (Wildman–Crippen MR) is 90.2 cm³/mol. The molecular weight excluding hydrogens is 309 g/mol. The summed E-state index contributed by atoms with van der Waals surface area (Å²) in [7, 11) is 0. The molecule has 0 saturated heterocycles. The molecule has 2 N–H and O–H groups in total. The summed E-state index contributed by atoms with van der Waals surface area (Å²) in [6, 6.07) is 13.1. The maximum atomic E-state index is 12.9. The molecular formula is C19H22FNO3. The topological polar surface area (TPSA) is 58.6 Å². The second-order valence-corrected chi connectivity index (χ2v) is 6.05. The molecule has 0 aliphatic carbocycles. The van der Waals surface area contributed by atoms with E-state index in [1.165, 1.54) is 24.3 Å². The summed E-state index contributed by atoms with van der Waals surface area (Å²) in [5.41, 5.74) is 0.875. The van der Waals surface area contributed by atoms with E-state index >= 15 is 0 Å². The Morgan fingerprint density at radius 3 is 2.25 bits per heavy atom. The Balaban J connectivity index is 1.84. The molecule has 5 heteroatoms. The molecule has 0 atom stereocenters. The molecule has 0 heterocycles. The van der Waals surface area contributed by atoms with Crippen LogP contribution >= 0.6 is 0 Å². The number of aliphatic hydroxyl groups excluding tert-OH is 1. The number of ether oxygens (including phenoxy) is 1. The fourth-order valence-corrected chi connectivity index (χ4v) is 2.19. The second-order valence-electron chi connectivity index (χ2n) is 6.05. The van der Waals surface area contributed by atoms with Gasteiger partial charge in [-0.1, -0.05) is 24.3 Å². The molecule has 0 spiro atoms. The van der Waals surface area contributed by atoms with Crippen LogP contribution in [-0.4, -0.2) is 23.2 Å². The second kappa shape index (κ2) is 7.93. The van der Waals surface area contributed by atoms with Crippen molar-refractivity contribution >= 4 is 5.91 Å². The molecule has 4 nitrogen and oxygen atoms in total. The fourth-order valence-electron chi connectivity index (χ4n) is 2.19. The van der Waals surface area contributed by atoms with E-state index < -0.39 is 5.60 Å². The minimum atomic E-state index is -1.06. The smallest absolute Gasteiger partial charge is 0.263 e. The first-order valence-corrected chi connectivity index (χ1v) is 7.82. The first kappa shape index (κ1) is 17.9. The van der Waals surface area contributed by atoms with E-state index in [2.05, 4.69) is 5.32 Å². The molecule has 1 amide bonds. The van der Waals surface area contributed by atoms with Gasteiger partial charge in [0.15, 0.2) is 5.60 Å². The average molecular weight is 331 g/mol. The number of amides is 1. The van der Waals surface area contributed by atoms with Gasteiger partial charge in [0.2, 0.25) is 0 Å². The number of carbonyl (C=O) groups is 1. The molecule has 0 fully saturated rings. The maximum Gasteiger partial charge on any atom is 0.263 e. The largest absolute Gasteiger partial charge is 0.478 e. The van der Waals surface area contributed by atoms with E-state index in [1.807, 2.05) is 24.3 Å². The quantitative estimate of drug-likeness (QED) is 0.820. The average Bonchev–Trinajstić information content (AvgIpc) is 2.57. The zero-order chi connectivity index (χ0) is 17.6. The minimum absolute atomic E-state index is 0.0198. The van der Waals surface area contributed by atoms with Gasteiger partial charge in [-0.05, 0) is 55.7 Å². The lowest BCUT2D eigenvalue weighted by Crippen LogP contribution is -2.47. The van der Waals surface area contributed by atoms with E-state index in [4.69, 9.17) is 9.84 Å². The number of nitrogens with one attached hydrogen (secondary N) is 1. The van der Waals surface area contributed by atoms with Crippen LogP contribution in [0.5, 0.6) is 5.75 Å². The van der Waals surface area contributed by atoms with Crippen LogP contribution in [0, 0.1) is 5.82 Å². The highest BCUT2D eigenvalue weighted by molar-refractivity contribution is 5.84. The van der Waals surface area contributed by atoms with Gasteiger partial charge in [0.25, 0.3) is 5.91 Å². The van der Waals surface area contributed by atoms with Gasteiger partial charge in [0, 0.05) is 6.54 Å². The van der Waals surface area contributed by atoms with Crippen molar-refractivity contribution in [1.82, 2.24) is 5.32 Å². The fraction of sp³-hybridized carbons (Fsp3) is 0.316. The monoisotopic (exact) mass is 331 g/mol. The van der Waals surface area contributed by atoms with Gasteiger partial charge in [0.05, 0.1) is 6.61 Å². The molecule has 0 radical (unpaired) electrons. The first-order valence-electron chi connectivity index (χ1n) is 7.82. The van der Waals surface area contributed by atoms with Crippen molar-refractivity contribution in [3.8, 4) is 5.75 Å². The molecule has 0 bridgehead atoms. The van der Waals surface area contributed by atoms with Crippen molar-refractivity contribution in [2.24, 2.45) is 0 Å². The van der Waals surface area contributed by atoms with E-state index in [9.17, 15) is 9.18 Å². The summed E-state index contributed by atoms with van der Waals surface area (Å²) in [6.07, 6.45) is 0.685. The van der Waals surface area contributed by atoms with Crippen LogP contribution in [-0.2, 0) is 17.8 Å². The molecule has 24 heavy (non-hydrogen) atoms. The number of aliphatic hydroxyl groups is 1. The van der Waals surface area contributed by atoms with Gasteiger partial charge in [-0.2, -0.15) is 0 Å². The van der Waals surface area contributed by atoms with E-state index in [0.717, 1.165) is 11.1 Å². The van der Waals surface area contributed by atoms with E-state index in [0.29, 0.717) is 18.7 Å². The van der Waals surface area contributed by atoms with Gasteiger partial charge >= 0.3 is 0 Å². The van der Waals surface area contributed by atoms with E-state index in [-0.39, 0.29) is 18.3 Å². The summed E-state index contributed by atoms with van der Waals surface area (Å²) in [5, 5.41) is 11.9. The summed E-state index contributed by atoms with van der Waals surface area (Å²) in [4.78, 5) is 12.3. The van der Waals surface area contributed by atoms with Crippen molar-refractivity contribution in [3.63, 3.8) is 0 Å². The van der Waals surface area contributed by atoms with Crippen LogP contribution in [0.3, 0.4) is 0 Å². The van der Waals surface area contributed by atoms with Crippen LogP contribution in [0.15, 0.2) is 48.5 Å². The van der Waals surface area contributed by atoms with Crippen molar-refractivity contribution in [2.45, 2.75) is 32.5 Å². The normalized spacial score (nSPS) is 11.2. The van der Waals surface area contributed by atoms with Gasteiger partial charge in [-0.3, -0.25) is 4.79 Å². The number of hydrogen-bond donors (Lipinski definition) is 2. The third-order valence-corrected chi connectivity index (χ3v) is 3.64. The molecule has 0 aromatic heterocycles. The first-order chi connectivity index (χ1) is 11.4. The van der Waals surface area contributed by atoms with Crippen LogP contribution in [0.25, 0.3) is 0 Å². The van der Waals surface area contributed by atoms with Crippen LogP contribution in [0.4, 0.5) is 4.39 Å². The predicted octanol–water partition coefficient (Wildman–Crippen LogP) is 2.83. The number of hydrogen-bond acceptors (Lipinski definition) is 3. The van der Waals surface area contributed by atoms with Gasteiger partial charge in [-0.15, -0.1) is 0 Å². The Morgan fingerprint density at radius 2 is 1.67 bits per heavy atom. The number of rotatable bonds is 7. The van der Waals surface area contributed by atoms with Crippen molar-refractivity contribution in [2.75, 3.05) is 6.54 Å². The van der Waals surface area contributed by atoms with Crippen LogP contribution in [0.2, 0.25) is 0 Å². The summed E-state index contributed by atoms with van der Waals surface area (Å²) in [6.45, 7) is 3.84. The lowest BCUT2D eigenvalue weighted by atomic mass is 10.1. The van der Waals surface area contributed by atoms with Gasteiger partial charge in [-0.25, -0.2) is 4.39 Å². The lowest BCUT2D eigenvalue weighted by molar-refractivity contribution is -0.134. The van der Waals surface area contributed by atoms with Crippen molar-refractivity contribution in [3.05, 3.63) is 65.5 Å². The Kier molecular flexibility index (Phi) is 5.93. The molecule has 0 unspecified atom stereocenters. The molecule has 0 saturated carbocycles. The van der Waals surface area contributed by atoms with Crippen LogP contribution in [0.1, 0.15) is 25.0 Å². The van der Waals surface area contributed by atoms with Gasteiger partial charge in [0.1, 0.15) is 11.6 Å². The number of halogens is 1.